The van der Waals surface area contributed by atoms with Crippen LogP contribution in [0.1, 0.15) is 26.3 Å². The molecule has 1 fully saturated rings. The Labute approximate surface area is 171 Å². The fourth-order valence-corrected chi connectivity index (χ4v) is 6.66. The van der Waals surface area contributed by atoms with E-state index in [1.54, 1.807) is 12.1 Å². The highest BCUT2D eigenvalue weighted by atomic mass is 35.5. The molecule has 2 bridgehead atoms. The zero-order chi connectivity index (χ0) is 20.1. The third-order valence-corrected chi connectivity index (χ3v) is 8.18. The van der Waals surface area contributed by atoms with Crippen molar-refractivity contribution in [3.05, 3.63) is 75.7 Å². The van der Waals surface area contributed by atoms with Gasteiger partial charge in [0.05, 0.1) is 28.6 Å². The fourth-order valence-electron chi connectivity index (χ4n) is 4.57. The van der Waals surface area contributed by atoms with Gasteiger partial charge in [0, 0.05) is 10.9 Å². The van der Waals surface area contributed by atoms with Crippen molar-refractivity contribution in [2.45, 2.75) is 50.1 Å². The molecule has 2 aromatic rings. The molecule has 4 nitrogen and oxygen atoms in total. The van der Waals surface area contributed by atoms with Crippen LogP contribution < -0.4 is 0 Å². The molecule has 4 rings (SSSR count). The summed E-state index contributed by atoms with van der Waals surface area (Å²) in [4.78, 5) is 0.543. The van der Waals surface area contributed by atoms with E-state index in [0.29, 0.717) is 16.5 Å². The molecular formula is C22H23ClO4S. The summed E-state index contributed by atoms with van der Waals surface area (Å²) in [5.41, 5.74) is 0.801. The molecule has 2 aliphatic rings. The summed E-state index contributed by atoms with van der Waals surface area (Å²) in [6.45, 7) is 6.15. The minimum Gasteiger partial charge on any atom is -0.370 e. The second-order valence-corrected chi connectivity index (χ2v) is 10.0. The largest absolute Gasteiger partial charge is 0.370 e. The van der Waals surface area contributed by atoms with E-state index >= 15 is 0 Å². The maximum atomic E-state index is 13.4. The monoisotopic (exact) mass is 418 g/mol. The predicted molar refractivity (Wildman–Crippen MR) is 109 cm³/mol. The third kappa shape index (κ3) is 3.01. The summed E-state index contributed by atoms with van der Waals surface area (Å²) in [6.07, 6.45) is -0.610. The van der Waals surface area contributed by atoms with Gasteiger partial charge in [-0.1, -0.05) is 48.9 Å². The molecule has 0 aliphatic carbocycles. The lowest BCUT2D eigenvalue weighted by Gasteiger charge is -2.34. The molecule has 0 radical (unpaired) electrons. The van der Waals surface area contributed by atoms with Gasteiger partial charge in [0.1, 0.15) is 5.60 Å². The van der Waals surface area contributed by atoms with Crippen molar-refractivity contribution in [1.29, 1.82) is 0 Å². The normalized spacial score (nSPS) is 29.5. The van der Waals surface area contributed by atoms with E-state index in [4.69, 9.17) is 21.1 Å². The summed E-state index contributed by atoms with van der Waals surface area (Å²) in [5.74, 6) is 0.0675. The Morgan fingerprint density at radius 1 is 1.11 bits per heavy atom. The molecule has 1 saturated heterocycles. The summed E-state index contributed by atoms with van der Waals surface area (Å²) in [6, 6.07) is 16.1. The van der Waals surface area contributed by atoms with Crippen molar-refractivity contribution in [2.75, 3.05) is 0 Å². The van der Waals surface area contributed by atoms with Crippen LogP contribution in [0.15, 0.2) is 70.0 Å². The van der Waals surface area contributed by atoms with Crippen molar-refractivity contribution < 1.29 is 17.9 Å². The first kappa shape index (κ1) is 19.6. The van der Waals surface area contributed by atoms with Gasteiger partial charge in [-0.3, -0.25) is 0 Å². The summed E-state index contributed by atoms with van der Waals surface area (Å²) < 4.78 is 39.3. The molecule has 0 amide bonds. The van der Waals surface area contributed by atoms with Gasteiger partial charge >= 0.3 is 0 Å². The second-order valence-electron chi connectivity index (χ2n) is 7.69. The zero-order valence-electron chi connectivity index (χ0n) is 16.1. The Morgan fingerprint density at radius 3 is 2.36 bits per heavy atom. The Morgan fingerprint density at radius 2 is 1.75 bits per heavy atom. The molecule has 2 aliphatic heterocycles. The average molecular weight is 419 g/mol. The van der Waals surface area contributed by atoms with Crippen LogP contribution >= 0.6 is 11.6 Å². The molecular weight excluding hydrogens is 396 g/mol. The highest BCUT2D eigenvalue weighted by Crippen LogP contribution is 2.54. The number of rotatable bonds is 5. The summed E-state index contributed by atoms with van der Waals surface area (Å²) in [5, 5.41) is 0.498. The van der Waals surface area contributed by atoms with Gasteiger partial charge in [-0.2, -0.15) is 0 Å². The fraction of sp³-hybridized carbons (Fsp3) is 0.364. The number of ether oxygens (including phenoxy) is 2. The number of halogens is 1. The number of benzene rings is 2. The van der Waals surface area contributed by atoms with Crippen molar-refractivity contribution in [2.24, 2.45) is 5.92 Å². The molecule has 148 valence electrons. The van der Waals surface area contributed by atoms with Gasteiger partial charge in [0.25, 0.3) is 0 Å². The van der Waals surface area contributed by atoms with Crippen LogP contribution in [-0.4, -0.2) is 26.2 Å². The van der Waals surface area contributed by atoms with Gasteiger partial charge in [-0.25, -0.2) is 8.42 Å². The molecule has 0 aromatic heterocycles. The number of sulfone groups is 1. The van der Waals surface area contributed by atoms with Crippen LogP contribution in [0.5, 0.6) is 0 Å². The van der Waals surface area contributed by atoms with E-state index in [1.165, 1.54) is 12.1 Å². The predicted octanol–water partition coefficient (Wildman–Crippen LogP) is 4.78. The van der Waals surface area contributed by atoms with E-state index in [0.717, 1.165) is 11.1 Å². The maximum absolute atomic E-state index is 13.4. The lowest BCUT2D eigenvalue weighted by atomic mass is 9.81. The van der Waals surface area contributed by atoms with Crippen LogP contribution in [0.2, 0.25) is 5.02 Å². The van der Waals surface area contributed by atoms with Crippen molar-refractivity contribution in [1.82, 2.24) is 0 Å². The number of fused-ring (bicyclic) bond motifs is 2. The maximum Gasteiger partial charge on any atom is 0.205 e. The Bertz CT molecular complexity index is 1010. The van der Waals surface area contributed by atoms with Crippen LogP contribution in [0, 0.1) is 5.92 Å². The standard InChI is InChI=1S/C22H23ClO4S/c1-14-19-15(2)21(28(24,25)18-11-9-17(23)10-12-18)22(3,27-19)20(14)26-13-16-7-5-4-6-8-16/h4-12,14,19-20H,13H2,1-3H3/t14-,19+,20-,22-/m0/s1. The van der Waals surface area contributed by atoms with E-state index in [2.05, 4.69) is 6.92 Å². The Kier molecular flexibility index (Phi) is 4.91. The Balaban J connectivity index is 1.69. The first-order chi connectivity index (χ1) is 13.2. The molecule has 0 unspecified atom stereocenters. The molecule has 28 heavy (non-hydrogen) atoms. The average Bonchev–Trinajstić information content (AvgIpc) is 3.08. The molecule has 2 aromatic carbocycles. The lowest BCUT2D eigenvalue weighted by Crippen LogP contribution is -2.45. The van der Waals surface area contributed by atoms with Gasteiger partial charge in [0.15, 0.2) is 0 Å². The van der Waals surface area contributed by atoms with Crippen LogP contribution in [-0.2, 0) is 25.9 Å². The topological polar surface area (TPSA) is 52.6 Å². The lowest BCUT2D eigenvalue weighted by molar-refractivity contribution is -0.0589. The summed E-state index contributed by atoms with van der Waals surface area (Å²) >= 11 is 5.93. The van der Waals surface area contributed by atoms with Gasteiger partial charge in [0.2, 0.25) is 9.84 Å². The van der Waals surface area contributed by atoms with Crippen LogP contribution in [0.25, 0.3) is 0 Å². The minimum absolute atomic E-state index is 0.0675. The van der Waals surface area contributed by atoms with Gasteiger partial charge in [-0.15, -0.1) is 0 Å². The van der Waals surface area contributed by atoms with Crippen molar-refractivity contribution >= 4 is 21.4 Å². The SMILES string of the molecule is CC1=C(S(=O)(=O)c2ccc(Cl)cc2)[C@@]2(C)O[C@@H]1[C@H](C)[C@@H]2OCc1ccccc1. The van der Waals surface area contributed by atoms with Crippen molar-refractivity contribution in [3.8, 4) is 0 Å². The highest BCUT2D eigenvalue weighted by Gasteiger charge is 2.62. The van der Waals surface area contributed by atoms with E-state index in [1.807, 2.05) is 44.2 Å². The molecule has 0 saturated carbocycles. The van der Waals surface area contributed by atoms with Crippen molar-refractivity contribution in [3.63, 3.8) is 0 Å². The van der Waals surface area contributed by atoms with Crippen LogP contribution in [0.4, 0.5) is 0 Å². The first-order valence-electron chi connectivity index (χ1n) is 9.30. The molecule has 6 heteroatoms. The van der Waals surface area contributed by atoms with Crippen LogP contribution in [0.3, 0.4) is 0 Å². The summed E-state index contributed by atoms with van der Waals surface area (Å²) in [7, 11) is -3.72. The highest BCUT2D eigenvalue weighted by molar-refractivity contribution is 7.95. The van der Waals surface area contributed by atoms with E-state index in [-0.39, 0.29) is 23.0 Å². The number of hydrogen-bond acceptors (Lipinski definition) is 4. The smallest absolute Gasteiger partial charge is 0.205 e. The number of hydrogen-bond donors (Lipinski definition) is 0. The third-order valence-electron chi connectivity index (χ3n) is 5.77. The molecule has 2 heterocycles. The molecule has 4 atom stereocenters. The molecule has 0 spiro atoms. The second kappa shape index (κ2) is 6.99. The quantitative estimate of drug-likeness (QED) is 0.701. The van der Waals surface area contributed by atoms with Gasteiger partial charge < -0.3 is 9.47 Å². The van der Waals surface area contributed by atoms with E-state index < -0.39 is 15.4 Å². The minimum atomic E-state index is -3.72. The Hall–Kier alpha value is -1.66. The van der Waals surface area contributed by atoms with Gasteiger partial charge in [-0.05, 0) is 49.2 Å². The van der Waals surface area contributed by atoms with E-state index in [9.17, 15) is 8.42 Å². The zero-order valence-corrected chi connectivity index (χ0v) is 17.6. The first-order valence-corrected chi connectivity index (χ1v) is 11.2. The molecule has 0 N–H and O–H groups in total.